The van der Waals surface area contributed by atoms with Crippen LogP contribution in [0.15, 0.2) is 54.6 Å². The molecule has 1 atom stereocenters. The van der Waals surface area contributed by atoms with Crippen molar-refractivity contribution in [2.24, 2.45) is 0 Å². The van der Waals surface area contributed by atoms with E-state index in [0.717, 1.165) is 0 Å². The van der Waals surface area contributed by atoms with E-state index >= 15 is 0 Å². The van der Waals surface area contributed by atoms with Gasteiger partial charge in [0, 0.05) is 5.56 Å². The molecular weight excluding hydrogens is 284 g/mol. The van der Waals surface area contributed by atoms with Gasteiger partial charge in [-0.25, -0.2) is 9.48 Å². The minimum Gasteiger partial charge on any atom is -0.478 e. The van der Waals surface area contributed by atoms with Crippen LogP contribution in [0.1, 0.15) is 16.5 Å². The SMILES string of the molecule is O=C(NC(C(=O)O)n1nnc2ccccc21)c1ccccc1. The molecule has 22 heavy (non-hydrogen) atoms. The minimum atomic E-state index is -1.33. The van der Waals surface area contributed by atoms with Crippen LogP contribution < -0.4 is 5.32 Å². The summed E-state index contributed by atoms with van der Waals surface area (Å²) in [5.41, 5.74) is 1.46. The van der Waals surface area contributed by atoms with E-state index in [1.165, 1.54) is 4.68 Å². The van der Waals surface area contributed by atoms with Gasteiger partial charge in [0.15, 0.2) is 0 Å². The van der Waals surface area contributed by atoms with Crippen molar-refractivity contribution in [3.05, 3.63) is 60.2 Å². The van der Waals surface area contributed by atoms with Crippen LogP contribution in [0.3, 0.4) is 0 Å². The van der Waals surface area contributed by atoms with Crippen molar-refractivity contribution >= 4 is 22.9 Å². The highest BCUT2D eigenvalue weighted by molar-refractivity contribution is 5.96. The van der Waals surface area contributed by atoms with Crippen molar-refractivity contribution in [1.82, 2.24) is 20.3 Å². The molecule has 3 aromatic rings. The molecule has 7 heteroatoms. The maximum Gasteiger partial charge on any atom is 0.349 e. The number of nitrogens with zero attached hydrogens (tertiary/aromatic N) is 3. The van der Waals surface area contributed by atoms with Gasteiger partial charge in [0.05, 0.1) is 5.52 Å². The number of amides is 1. The van der Waals surface area contributed by atoms with Gasteiger partial charge in [0.1, 0.15) is 5.52 Å². The molecule has 3 rings (SSSR count). The molecule has 0 radical (unpaired) electrons. The largest absolute Gasteiger partial charge is 0.478 e. The number of benzene rings is 2. The first-order valence-corrected chi connectivity index (χ1v) is 6.55. The Bertz CT molecular complexity index is 829. The molecule has 0 spiro atoms. The Kier molecular flexibility index (Phi) is 3.53. The van der Waals surface area contributed by atoms with Crippen LogP contribution in [0, 0.1) is 0 Å². The lowest BCUT2D eigenvalue weighted by Gasteiger charge is -2.15. The van der Waals surface area contributed by atoms with E-state index in [1.807, 2.05) is 0 Å². The fourth-order valence-electron chi connectivity index (χ4n) is 2.10. The molecule has 0 saturated carbocycles. The van der Waals surface area contributed by atoms with Crippen molar-refractivity contribution in [3.63, 3.8) is 0 Å². The lowest BCUT2D eigenvalue weighted by atomic mass is 10.2. The number of carboxylic acid groups (broad SMARTS) is 1. The van der Waals surface area contributed by atoms with Gasteiger partial charge in [-0.2, -0.15) is 0 Å². The Morgan fingerprint density at radius 1 is 1.05 bits per heavy atom. The third-order valence-electron chi connectivity index (χ3n) is 3.16. The number of para-hydroxylation sites is 1. The summed E-state index contributed by atoms with van der Waals surface area (Å²) in [5.74, 6) is -1.72. The predicted molar refractivity (Wildman–Crippen MR) is 78.1 cm³/mol. The molecule has 0 aliphatic carbocycles. The summed E-state index contributed by atoms with van der Waals surface area (Å²) in [4.78, 5) is 23.7. The summed E-state index contributed by atoms with van der Waals surface area (Å²) in [6, 6.07) is 15.3. The van der Waals surface area contributed by atoms with Crippen molar-refractivity contribution in [3.8, 4) is 0 Å². The van der Waals surface area contributed by atoms with Gasteiger partial charge >= 0.3 is 5.97 Å². The third-order valence-corrected chi connectivity index (χ3v) is 3.16. The van der Waals surface area contributed by atoms with Crippen LogP contribution in [0.2, 0.25) is 0 Å². The first kappa shape index (κ1) is 13.7. The molecule has 0 aliphatic heterocycles. The second-order valence-electron chi connectivity index (χ2n) is 4.60. The number of aliphatic carboxylic acids is 1. The smallest absolute Gasteiger partial charge is 0.349 e. The van der Waals surface area contributed by atoms with Crippen LogP contribution in [-0.4, -0.2) is 32.0 Å². The summed E-state index contributed by atoms with van der Waals surface area (Å²) in [5, 5.41) is 19.6. The van der Waals surface area contributed by atoms with Crippen molar-refractivity contribution < 1.29 is 14.7 Å². The number of hydrogen-bond acceptors (Lipinski definition) is 4. The second-order valence-corrected chi connectivity index (χ2v) is 4.60. The van der Waals surface area contributed by atoms with Crippen LogP contribution >= 0.6 is 0 Å². The van der Waals surface area contributed by atoms with Crippen molar-refractivity contribution in [2.45, 2.75) is 6.17 Å². The Labute approximate surface area is 125 Å². The zero-order chi connectivity index (χ0) is 15.5. The molecule has 1 unspecified atom stereocenters. The highest BCUT2D eigenvalue weighted by Crippen LogP contribution is 2.14. The number of carbonyl (C=O) groups is 2. The molecule has 1 aromatic heterocycles. The van der Waals surface area contributed by atoms with Crippen LogP contribution in [0.5, 0.6) is 0 Å². The lowest BCUT2D eigenvalue weighted by Crippen LogP contribution is -2.38. The third kappa shape index (κ3) is 2.51. The van der Waals surface area contributed by atoms with Crippen molar-refractivity contribution in [1.29, 1.82) is 0 Å². The standard InChI is InChI=1S/C15H12N4O3/c20-14(10-6-2-1-3-7-10)16-13(15(21)22)19-12-9-5-4-8-11(12)17-18-19/h1-9,13H,(H,16,20)(H,21,22). The number of rotatable bonds is 4. The van der Waals surface area contributed by atoms with E-state index in [4.69, 9.17) is 0 Å². The molecule has 2 aromatic carbocycles. The average Bonchev–Trinajstić information content (AvgIpc) is 2.96. The van der Waals surface area contributed by atoms with E-state index < -0.39 is 18.0 Å². The van der Waals surface area contributed by atoms with Gasteiger partial charge in [-0.1, -0.05) is 35.5 Å². The number of fused-ring (bicyclic) bond motifs is 1. The number of aromatic nitrogens is 3. The van der Waals surface area contributed by atoms with Crippen molar-refractivity contribution in [2.75, 3.05) is 0 Å². The van der Waals surface area contributed by atoms with Gasteiger partial charge in [-0.15, -0.1) is 5.10 Å². The quantitative estimate of drug-likeness (QED) is 0.759. The maximum atomic E-state index is 12.2. The zero-order valence-corrected chi connectivity index (χ0v) is 11.4. The van der Waals surface area contributed by atoms with E-state index in [2.05, 4.69) is 15.6 Å². The Morgan fingerprint density at radius 3 is 2.45 bits per heavy atom. The maximum absolute atomic E-state index is 12.2. The Balaban J connectivity index is 1.94. The van der Waals surface area contributed by atoms with E-state index in [1.54, 1.807) is 54.6 Å². The number of hydrogen-bond donors (Lipinski definition) is 2. The van der Waals surface area contributed by atoms with Gasteiger partial charge in [-0.3, -0.25) is 4.79 Å². The minimum absolute atomic E-state index is 0.373. The highest BCUT2D eigenvalue weighted by Gasteiger charge is 2.25. The summed E-state index contributed by atoms with van der Waals surface area (Å²) < 4.78 is 1.18. The fourth-order valence-corrected chi connectivity index (χ4v) is 2.10. The molecular formula is C15H12N4O3. The predicted octanol–water partition coefficient (Wildman–Crippen LogP) is 1.44. The first-order chi connectivity index (χ1) is 10.7. The summed E-state index contributed by atoms with van der Waals surface area (Å²) >= 11 is 0. The molecule has 0 saturated heterocycles. The van der Waals surface area contributed by atoms with Gasteiger partial charge < -0.3 is 10.4 Å². The zero-order valence-electron chi connectivity index (χ0n) is 11.4. The first-order valence-electron chi connectivity index (χ1n) is 6.55. The molecule has 2 N–H and O–H groups in total. The number of carbonyl (C=O) groups excluding carboxylic acids is 1. The lowest BCUT2D eigenvalue weighted by molar-refractivity contribution is -0.141. The molecule has 110 valence electrons. The molecule has 1 heterocycles. The van der Waals surface area contributed by atoms with Crippen LogP contribution in [0.25, 0.3) is 11.0 Å². The average molecular weight is 296 g/mol. The number of nitrogens with one attached hydrogen (secondary N) is 1. The number of carboxylic acids is 1. The second kappa shape index (κ2) is 5.65. The van der Waals surface area contributed by atoms with E-state index in [9.17, 15) is 14.7 Å². The molecule has 7 nitrogen and oxygen atoms in total. The van der Waals surface area contributed by atoms with Crippen LogP contribution in [0.4, 0.5) is 0 Å². The van der Waals surface area contributed by atoms with Gasteiger partial charge in [-0.05, 0) is 24.3 Å². The normalized spacial score (nSPS) is 12.0. The Hall–Kier alpha value is -3.22. The summed E-state index contributed by atoms with van der Waals surface area (Å²) in [6.07, 6.45) is -1.33. The topological polar surface area (TPSA) is 97.1 Å². The summed E-state index contributed by atoms with van der Waals surface area (Å²) in [6.45, 7) is 0. The van der Waals surface area contributed by atoms with Gasteiger partial charge in [0.2, 0.25) is 6.17 Å². The van der Waals surface area contributed by atoms with Gasteiger partial charge in [0.25, 0.3) is 5.91 Å². The van der Waals surface area contributed by atoms with Crippen LogP contribution in [-0.2, 0) is 4.79 Å². The molecule has 0 fully saturated rings. The Morgan fingerprint density at radius 2 is 1.73 bits per heavy atom. The van der Waals surface area contributed by atoms with E-state index in [-0.39, 0.29) is 0 Å². The summed E-state index contributed by atoms with van der Waals surface area (Å²) in [7, 11) is 0. The molecule has 0 aliphatic rings. The highest BCUT2D eigenvalue weighted by atomic mass is 16.4. The molecule has 1 amide bonds. The fraction of sp³-hybridized carbons (Fsp3) is 0.0667. The monoisotopic (exact) mass is 296 g/mol. The molecule has 0 bridgehead atoms. The van der Waals surface area contributed by atoms with E-state index in [0.29, 0.717) is 16.6 Å².